The van der Waals surface area contributed by atoms with E-state index in [0.29, 0.717) is 22.2 Å². The van der Waals surface area contributed by atoms with Gasteiger partial charge in [0.25, 0.3) is 0 Å². The molecule has 0 bridgehead atoms. The highest BCUT2D eigenvalue weighted by Crippen LogP contribution is 2.35. The van der Waals surface area contributed by atoms with E-state index in [1.165, 1.54) is 25.3 Å². The summed E-state index contributed by atoms with van der Waals surface area (Å²) in [5, 5.41) is -0.396. The fourth-order valence-corrected chi connectivity index (χ4v) is 2.61. The summed E-state index contributed by atoms with van der Waals surface area (Å²) >= 11 is 9.51. The van der Waals surface area contributed by atoms with Crippen LogP contribution < -0.4 is 4.74 Å². The summed E-state index contributed by atoms with van der Waals surface area (Å²) in [6, 6.07) is 9.02. The molecular formula is C15H12BrClF2O. The molecule has 20 heavy (non-hydrogen) atoms. The molecule has 0 saturated carbocycles. The Morgan fingerprint density at radius 3 is 2.45 bits per heavy atom. The Hall–Kier alpha value is -1.13. The Bertz CT molecular complexity index is 602. The van der Waals surface area contributed by atoms with E-state index in [9.17, 15) is 8.78 Å². The van der Waals surface area contributed by atoms with E-state index >= 15 is 0 Å². The highest BCUT2D eigenvalue weighted by molar-refractivity contribution is 9.10. The number of hydrogen-bond acceptors (Lipinski definition) is 1. The molecule has 2 rings (SSSR count). The van der Waals surface area contributed by atoms with Crippen molar-refractivity contribution >= 4 is 27.5 Å². The minimum atomic E-state index is -0.406. The van der Waals surface area contributed by atoms with Gasteiger partial charge in [0, 0.05) is 11.6 Å². The molecule has 1 unspecified atom stereocenters. The topological polar surface area (TPSA) is 9.23 Å². The molecule has 0 aliphatic heterocycles. The van der Waals surface area contributed by atoms with E-state index in [1.54, 1.807) is 18.2 Å². The monoisotopic (exact) mass is 360 g/mol. The molecule has 0 aromatic heterocycles. The molecule has 106 valence electrons. The van der Waals surface area contributed by atoms with E-state index in [1.807, 2.05) is 0 Å². The van der Waals surface area contributed by atoms with Crippen LogP contribution in [0.4, 0.5) is 8.78 Å². The predicted molar refractivity (Wildman–Crippen MR) is 79.4 cm³/mol. The molecule has 0 radical (unpaired) electrons. The van der Waals surface area contributed by atoms with Crippen LogP contribution in [0.15, 0.2) is 40.9 Å². The minimum Gasteiger partial charge on any atom is -0.496 e. The van der Waals surface area contributed by atoms with Crippen LogP contribution in [0.3, 0.4) is 0 Å². The number of methoxy groups -OCH3 is 1. The first-order valence-corrected chi connectivity index (χ1v) is 7.15. The highest BCUT2D eigenvalue weighted by Gasteiger charge is 2.17. The van der Waals surface area contributed by atoms with E-state index in [-0.39, 0.29) is 5.82 Å². The molecule has 1 atom stereocenters. The largest absolute Gasteiger partial charge is 0.496 e. The average molecular weight is 362 g/mol. The van der Waals surface area contributed by atoms with Crippen LogP contribution in [0, 0.1) is 11.6 Å². The normalized spacial score (nSPS) is 12.2. The lowest BCUT2D eigenvalue weighted by atomic mass is 10.0. The van der Waals surface area contributed by atoms with Gasteiger partial charge in [0.1, 0.15) is 17.4 Å². The maximum atomic E-state index is 13.5. The zero-order chi connectivity index (χ0) is 14.7. The van der Waals surface area contributed by atoms with E-state index in [2.05, 4.69) is 15.9 Å². The summed E-state index contributed by atoms with van der Waals surface area (Å²) in [5.74, 6) is -0.300. The second kappa shape index (κ2) is 6.55. The minimum absolute atomic E-state index is 0.290. The van der Waals surface area contributed by atoms with Crippen molar-refractivity contribution in [2.45, 2.75) is 11.8 Å². The third-order valence-electron chi connectivity index (χ3n) is 2.94. The first kappa shape index (κ1) is 15.3. The summed E-state index contributed by atoms with van der Waals surface area (Å²) in [5.41, 5.74) is 1.58. The van der Waals surface area contributed by atoms with Crippen LogP contribution in [0.5, 0.6) is 5.75 Å². The fourth-order valence-electron chi connectivity index (χ4n) is 1.90. The maximum absolute atomic E-state index is 13.5. The standard InChI is InChI=1S/C15H12BrClF2O/c1-20-15-8-14(19)12(16)7-11(15)13(17)6-9-2-4-10(18)5-3-9/h2-5,7-8,13H,6H2,1H3. The lowest BCUT2D eigenvalue weighted by Crippen LogP contribution is -2.00. The molecule has 0 aliphatic carbocycles. The molecule has 0 N–H and O–H groups in total. The molecule has 0 spiro atoms. The number of benzene rings is 2. The van der Waals surface area contributed by atoms with Gasteiger partial charge in [0.15, 0.2) is 0 Å². The average Bonchev–Trinajstić information content (AvgIpc) is 2.43. The number of halogens is 4. The highest BCUT2D eigenvalue weighted by atomic mass is 79.9. The molecule has 0 heterocycles. The molecule has 5 heteroatoms. The molecule has 0 amide bonds. The Morgan fingerprint density at radius 1 is 1.20 bits per heavy atom. The number of alkyl halides is 1. The summed E-state index contributed by atoms with van der Waals surface area (Å²) < 4.78 is 31.8. The summed E-state index contributed by atoms with van der Waals surface area (Å²) in [7, 11) is 1.47. The SMILES string of the molecule is COc1cc(F)c(Br)cc1C(Cl)Cc1ccc(F)cc1. The first-order valence-electron chi connectivity index (χ1n) is 5.92. The molecular weight excluding hydrogens is 350 g/mol. The molecule has 0 saturated heterocycles. The van der Waals surface area contributed by atoms with Crippen molar-refractivity contribution in [2.24, 2.45) is 0 Å². The van der Waals surface area contributed by atoms with Crippen molar-refractivity contribution in [3.63, 3.8) is 0 Å². The molecule has 2 aromatic rings. The zero-order valence-electron chi connectivity index (χ0n) is 10.7. The number of rotatable bonds is 4. The second-order valence-electron chi connectivity index (χ2n) is 4.31. The van der Waals surface area contributed by atoms with Gasteiger partial charge in [-0.3, -0.25) is 0 Å². The smallest absolute Gasteiger partial charge is 0.141 e. The van der Waals surface area contributed by atoms with E-state index < -0.39 is 11.2 Å². The van der Waals surface area contributed by atoms with Crippen molar-refractivity contribution < 1.29 is 13.5 Å². The van der Waals surface area contributed by atoms with Gasteiger partial charge < -0.3 is 4.74 Å². The van der Waals surface area contributed by atoms with Crippen molar-refractivity contribution in [3.8, 4) is 5.75 Å². The third kappa shape index (κ3) is 3.49. The van der Waals surface area contributed by atoms with Gasteiger partial charge in [-0.15, -0.1) is 11.6 Å². The van der Waals surface area contributed by atoms with Crippen molar-refractivity contribution in [1.82, 2.24) is 0 Å². The Labute approximate surface area is 129 Å². The van der Waals surface area contributed by atoms with Gasteiger partial charge in [-0.1, -0.05) is 12.1 Å². The quantitative estimate of drug-likeness (QED) is 0.675. The van der Waals surface area contributed by atoms with Gasteiger partial charge in [-0.25, -0.2) is 8.78 Å². The third-order valence-corrected chi connectivity index (χ3v) is 3.94. The van der Waals surface area contributed by atoms with Crippen LogP contribution in [0.1, 0.15) is 16.5 Å². The summed E-state index contributed by atoms with van der Waals surface area (Å²) in [4.78, 5) is 0. The number of hydrogen-bond donors (Lipinski definition) is 0. The van der Waals surface area contributed by atoms with Crippen molar-refractivity contribution in [1.29, 1.82) is 0 Å². The molecule has 0 fully saturated rings. The predicted octanol–water partition coefficient (Wildman–Crippen LogP) is 5.26. The van der Waals surface area contributed by atoms with Crippen LogP contribution in [0.2, 0.25) is 0 Å². The van der Waals surface area contributed by atoms with E-state index in [4.69, 9.17) is 16.3 Å². The van der Waals surface area contributed by atoms with Gasteiger partial charge in [-0.2, -0.15) is 0 Å². The van der Waals surface area contributed by atoms with Crippen LogP contribution in [0.25, 0.3) is 0 Å². The second-order valence-corrected chi connectivity index (χ2v) is 5.69. The lowest BCUT2D eigenvalue weighted by molar-refractivity contribution is 0.405. The molecule has 1 nitrogen and oxygen atoms in total. The Morgan fingerprint density at radius 2 is 1.85 bits per heavy atom. The first-order chi connectivity index (χ1) is 9.51. The van der Waals surface area contributed by atoms with Crippen LogP contribution in [-0.4, -0.2) is 7.11 Å². The maximum Gasteiger partial charge on any atom is 0.141 e. The van der Waals surface area contributed by atoms with Gasteiger partial charge in [0.2, 0.25) is 0 Å². The summed E-state index contributed by atoms with van der Waals surface area (Å²) in [6.07, 6.45) is 0.496. The van der Waals surface area contributed by atoms with Crippen molar-refractivity contribution in [3.05, 3.63) is 63.6 Å². The van der Waals surface area contributed by atoms with Gasteiger partial charge in [0.05, 0.1) is 17.0 Å². The van der Waals surface area contributed by atoms with Crippen LogP contribution >= 0.6 is 27.5 Å². The zero-order valence-corrected chi connectivity index (χ0v) is 13.0. The van der Waals surface area contributed by atoms with Crippen molar-refractivity contribution in [2.75, 3.05) is 7.11 Å². The van der Waals surface area contributed by atoms with Crippen LogP contribution in [-0.2, 0) is 6.42 Å². The van der Waals surface area contributed by atoms with E-state index in [0.717, 1.165) is 5.56 Å². The fraction of sp³-hybridized carbons (Fsp3) is 0.200. The number of ether oxygens (including phenoxy) is 1. The van der Waals surface area contributed by atoms with Gasteiger partial charge in [-0.05, 0) is 46.1 Å². The lowest BCUT2D eigenvalue weighted by Gasteiger charge is -2.15. The summed E-state index contributed by atoms with van der Waals surface area (Å²) in [6.45, 7) is 0. The van der Waals surface area contributed by atoms with Gasteiger partial charge >= 0.3 is 0 Å². The molecule has 0 aliphatic rings. The molecule has 2 aromatic carbocycles. The Balaban J connectivity index is 2.26. The Kier molecular flexibility index (Phi) is 5.00.